The minimum Gasteiger partial charge on any atom is -0.393 e. The molecule has 1 atom stereocenters. The Labute approximate surface area is 159 Å². The average molecular weight is 365 g/mol. The van der Waals surface area contributed by atoms with Gasteiger partial charge in [0.15, 0.2) is 0 Å². The molecule has 1 aliphatic heterocycles. The molecule has 0 spiro atoms. The largest absolute Gasteiger partial charge is 0.393 e. The van der Waals surface area contributed by atoms with E-state index in [4.69, 9.17) is 0 Å². The molecule has 0 radical (unpaired) electrons. The van der Waals surface area contributed by atoms with E-state index >= 15 is 0 Å². The molecule has 0 aliphatic carbocycles. The third-order valence-electron chi connectivity index (χ3n) is 5.87. The SMILES string of the molecule is Cc1nn2cnnc2c(N2CCC(C(O)CCc3ccccc3)CC2)c1C. The number of aliphatic hydroxyl groups is 1. The average Bonchev–Trinajstić information content (AvgIpc) is 3.16. The van der Waals surface area contributed by atoms with Crippen LogP contribution in [0.1, 0.15) is 36.1 Å². The van der Waals surface area contributed by atoms with Gasteiger partial charge in [-0.1, -0.05) is 30.3 Å². The maximum Gasteiger partial charge on any atom is 0.201 e. The summed E-state index contributed by atoms with van der Waals surface area (Å²) in [4.78, 5) is 2.38. The van der Waals surface area contributed by atoms with E-state index in [0.717, 1.165) is 55.8 Å². The molecule has 6 nitrogen and oxygen atoms in total. The number of nitrogens with zero attached hydrogens (tertiary/aromatic N) is 5. The molecule has 2 aromatic heterocycles. The third-order valence-corrected chi connectivity index (χ3v) is 5.87. The molecule has 142 valence electrons. The molecule has 1 saturated heterocycles. The van der Waals surface area contributed by atoms with Crippen molar-refractivity contribution in [1.82, 2.24) is 19.8 Å². The fourth-order valence-corrected chi connectivity index (χ4v) is 4.12. The lowest BCUT2D eigenvalue weighted by atomic mass is 9.88. The molecule has 0 saturated carbocycles. The van der Waals surface area contributed by atoms with E-state index in [9.17, 15) is 5.11 Å². The summed E-state index contributed by atoms with van der Waals surface area (Å²) in [6, 6.07) is 10.4. The highest BCUT2D eigenvalue weighted by Gasteiger charge is 2.27. The van der Waals surface area contributed by atoms with Gasteiger partial charge in [0.2, 0.25) is 5.65 Å². The van der Waals surface area contributed by atoms with Crippen LogP contribution >= 0.6 is 0 Å². The number of hydrogen-bond acceptors (Lipinski definition) is 5. The van der Waals surface area contributed by atoms with Gasteiger partial charge in [0, 0.05) is 13.1 Å². The molecule has 1 fully saturated rings. The lowest BCUT2D eigenvalue weighted by Crippen LogP contribution is -2.38. The lowest BCUT2D eigenvalue weighted by molar-refractivity contribution is 0.0850. The van der Waals surface area contributed by atoms with E-state index in [2.05, 4.69) is 51.4 Å². The van der Waals surface area contributed by atoms with Crippen LogP contribution in [0, 0.1) is 19.8 Å². The number of fused-ring (bicyclic) bond motifs is 1. The molecule has 3 aromatic rings. The van der Waals surface area contributed by atoms with Gasteiger partial charge in [-0.3, -0.25) is 0 Å². The maximum atomic E-state index is 10.7. The fraction of sp³-hybridized carbons (Fsp3) is 0.476. The highest BCUT2D eigenvalue weighted by Crippen LogP contribution is 2.31. The van der Waals surface area contributed by atoms with Gasteiger partial charge >= 0.3 is 0 Å². The van der Waals surface area contributed by atoms with Crippen LogP contribution < -0.4 is 4.90 Å². The van der Waals surface area contributed by atoms with Crippen molar-refractivity contribution in [3.63, 3.8) is 0 Å². The summed E-state index contributed by atoms with van der Waals surface area (Å²) in [6.45, 7) is 5.99. The maximum absolute atomic E-state index is 10.7. The van der Waals surface area contributed by atoms with Crippen LogP contribution in [0.5, 0.6) is 0 Å². The van der Waals surface area contributed by atoms with E-state index in [1.807, 2.05) is 13.0 Å². The predicted octanol–water partition coefficient (Wildman–Crippen LogP) is 2.95. The Morgan fingerprint density at radius 3 is 2.63 bits per heavy atom. The molecule has 6 heteroatoms. The van der Waals surface area contributed by atoms with E-state index in [-0.39, 0.29) is 6.10 Å². The summed E-state index contributed by atoms with van der Waals surface area (Å²) in [7, 11) is 0. The van der Waals surface area contributed by atoms with Crippen LogP contribution in [-0.4, -0.2) is 44.1 Å². The standard InChI is InChI=1S/C21H27N5O/c1-15-16(2)24-26-14-22-23-21(26)20(15)25-12-10-18(11-13-25)19(27)9-8-17-6-4-3-5-7-17/h3-7,14,18-19,27H,8-13H2,1-2H3. The normalized spacial score (nSPS) is 16.8. The van der Waals surface area contributed by atoms with Crippen molar-refractivity contribution < 1.29 is 5.11 Å². The van der Waals surface area contributed by atoms with Crippen LogP contribution in [0.25, 0.3) is 5.65 Å². The molecule has 1 aliphatic rings. The van der Waals surface area contributed by atoms with Gasteiger partial charge in [0.05, 0.1) is 17.5 Å². The van der Waals surface area contributed by atoms with E-state index in [0.29, 0.717) is 5.92 Å². The Morgan fingerprint density at radius 1 is 1.15 bits per heavy atom. The van der Waals surface area contributed by atoms with Crippen molar-refractivity contribution >= 4 is 11.3 Å². The lowest BCUT2D eigenvalue weighted by Gasteiger charge is -2.36. The summed E-state index contributed by atoms with van der Waals surface area (Å²) in [6.07, 6.45) is 5.18. The van der Waals surface area contributed by atoms with Crippen LogP contribution in [0.2, 0.25) is 0 Å². The quantitative estimate of drug-likeness (QED) is 0.753. The van der Waals surface area contributed by atoms with Gasteiger partial charge in [-0.15, -0.1) is 10.2 Å². The van der Waals surface area contributed by atoms with Crippen molar-refractivity contribution in [3.05, 3.63) is 53.5 Å². The minimum atomic E-state index is -0.235. The molecule has 0 bridgehead atoms. The second kappa shape index (κ2) is 7.64. The van der Waals surface area contributed by atoms with Crippen molar-refractivity contribution in [2.75, 3.05) is 18.0 Å². The molecular weight excluding hydrogens is 338 g/mol. The predicted molar refractivity (Wildman–Crippen MR) is 106 cm³/mol. The van der Waals surface area contributed by atoms with Crippen molar-refractivity contribution in [2.24, 2.45) is 5.92 Å². The number of piperidine rings is 1. The number of rotatable bonds is 5. The second-order valence-electron chi connectivity index (χ2n) is 7.57. The smallest absolute Gasteiger partial charge is 0.201 e. The minimum absolute atomic E-state index is 0.235. The van der Waals surface area contributed by atoms with Gasteiger partial charge < -0.3 is 10.0 Å². The number of aliphatic hydroxyl groups excluding tert-OH is 1. The van der Waals surface area contributed by atoms with Crippen molar-refractivity contribution in [1.29, 1.82) is 0 Å². The van der Waals surface area contributed by atoms with Gasteiger partial charge in [0.1, 0.15) is 6.33 Å². The van der Waals surface area contributed by atoms with E-state index in [1.54, 1.807) is 10.8 Å². The first kappa shape index (κ1) is 17.9. The summed E-state index contributed by atoms with van der Waals surface area (Å²) >= 11 is 0. The van der Waals surface area contributed by atoms with Gasteiger partial charge in [0.25, 0.3) is 0 Å². The number of aryl methyl sites for hydroxylation is 2. The summed E-state index contributed by atoms with van der Waals surface area (Å²) in [5, 5.41) is 23.5. The van der Waals surface area contributed by atoms with Gasteiger partial charge in [-0.2, -0.15) is 9.61 Å². The zero-order valence-electron chi connectivity index (χ0n) is 16.0. The first-order valence-corrected chi connectivity index (χ1v) is 9.77. The molecule has 27 heavy (non-hydrogen) atoms. The van der Waals surface area contributed by atoms with Crippen LogP contribution in [-0.2, 0) is 6.42 Å². The van der Waals surface area contributed by atoms with Crippen LogP contribution in [0.15, 0.2) is 36.7 Å². The topological polar surface area (TPSA) is 66.5 Å². The molecule has 1 unspecified atom stereocenters. The highest BCUT2D eigenvalue weighted by atomic mass is 16.3. The monoisotopic (exact) mass is 365 g/mol. The number of anilines is 1. The zero-order valence-corrected chi connectivity index (χ0v) is 16.0. The molecular formula is C21H27N5O. The Kier molecular flexibility index (Phi) is 5.07. The van der Waals surface area contributed by atoms with Crippen LogP contribution in [0.4, 0.5) is 5.69 Å². The van der Waals surface area contributed by atoms with E-state index in [1.165, 1.54) is 11.1 Å². The highest BCUT2D eigenvalue weighted by molar-refractivity contribution is 5.72. The zero-order chi connectivity index (χ0) is 18.8. The Bertz CT molecular complexity index is 900. The second-order valence-corrected chi connectivity index (χ2v) is 7.57. The molecule has 1 aromatic carbocycles. The number of aromatic nitrogens is 4. The Hall–Kier alpha value is -2.47. The van der Waals surface area contributed by atoms with E-state index < -0.39 is 0 Å². The molecule has 3 heterocycles. The first-order valence-electron chi connectivity index (χ1n) is 9.77. The van der Waals surface area contributed by atoms with Gasteiger partial charge in [-0.25, -0.2) is 0 Å². The molecule has 0 amide bonds. The number of benzene rings is 1. The first-order chi connectivity index (χ1) is 13.1. The fourth-order valence-electron chi connectivity index (χ4n) is 4.12. The van der Waals surface area contributed by atoms with Gasteiger partial charge in [-0.05, 0) is 56.6 Å². The Balaban J connectivity index is 1.40. The summed E-state index contributed by atoms with van der Waals surface area (Å²) < 4.78 is 1.76. The molecule has 1 N–H and O–H groups in total. The molecule has 4 rings (SSSR count). The summed E-state index contributed by atoms with van der Waals surface area (Å²) in [5.41, 5.74) is 5.42. The number of hydrogen-bond donors (Lipinski definition) is 1. The third kappa shape index (κ3) is 3.67. The Morgan fingerprint density at radius 2 is 1.89 bits per heavy atom. The van der Waals surface area contributed by atoms with Crippen molar-refractivity contribution in [3.8, 4) is 0 Å². The van der Waals surface area contributed by atoms with Crippen LogP contribution in [0.3, 0.4) is 0 Å². The summed E-state index contributed by atoms with van der Waals surface area (Å²) in [5.74, 6) is 0.363. The van der Waals surface area contributed by atoms with Crippen molar-refractivity contribution in [2.45, 2.75) is 45.6 Å².